The van der Waals surface area contributed by atoms with Crippen LogP contribution in [0.5, 0.6) is 0 Å². The summed E-state index contributed by atoms with van der Waals surface area (Å²) >= 11 is 4.04. The van der Waals surface area contributed by atoms with Gasteiger partial charge in [0.05, 0.1) is 10.9 Å². The molecule has 2 aliphatic rings. The van der Waals surface area contributed by atoms with Crippen LogP contribution in [0, 0.1) is 0 Å². The van der Waals surface area contributed by atoms with Crippen molar-refractivity contribution in [2.45, 2.75) is 30.6 Å². The van der Waals surface area contributed by atoms with E-state index in [9.17, 15) is 0 Å². The highest BCUT2D eigenvalue weighted by molar-refractivity contribution is 8.06. The number of aromatic nitrogens is 2. The standard InChI is InChI=1S/C13H19N3S2/c1-14-6-10-7-15-13(11-8-17-4-5-18-11)16-12(10)9-2-3-9/h7,9,11,14H,2-6,8H2,1H3. The number of hydrogen-bond donors (Lipinski definition) is 1. The highest BCUT2D eigenvalue weighted by atomic mass is 32.2. The maximum atomic E-state index is 4.89. The van der Waals surface area contributed by atoms with E-state index in [0.29, 0.717) is 11.2 Å². The second-order valence-corrected chi connectivity index (χ2v) is 7.34. The lowest BCUT2D eigenvalue weighted by Gasteiger charge is -2.20. The van der Waals surface area contributed by atoms with Crippen molar-refractivity contribution in [3.05, 3.63) is 23.3 Å². The third kappa shape index (κ3) is 2.83. The molecule has 1 unspecified atom stereocenters. The number of nitrogens with one attached hydrogen (secondary N) is 1. The van der Waals surface area contributed by atoms with Crippen molar-refractivity contribution in [1.29, 1.82) is 0 Å². The van der Waals surface area contributed by atoms with Crippen LogP contribution < -0.4 is 5.32 Å². The summed E-state index contributed by atoms with van der Waals surface area (Å²) in [6, 6.07) is 0. The van der Waals surface area contributed by atoms with Crippen molar-refractivity contribution < 1.29 is 0 Å². The lowest BCUT2D eigenvalue weighted by molar-refractivity contribution is 0.766. The van der Waals surface area contributed by atoms with Gasteiger partial charge in [0.15, 0.2) is 0 Å². The van der Waals surface area contributed by atoms with Crippen molar-refractivity contribution in [3.63, 3.8) is 0 Å². The summed E-state index contributed by atoms with van der Waals surface area (Å²) < 4.78 is 0. The molecule has 1 saturated heterocycles. The molecule has 0 amide bonds. The van der Waals surface area contributed by atoms with Gasteiger partial charge < -0.3 is 5.32 Å². The number of thioether (sulfide) groups is 2. The van der Waals surface area contributed by atoms with Gasteiger partial charge in [-0.1, -0.05) is 0 Å². The van der Waals surface area contributed by atoms with E-state index < -0.39 is 0 Å². The molecule has 1 atom stereocenters. The van der Waals surface area contributed by atoms with E-state index in [2.05, 4.69) is 10.3 Å². The van der Waals surface area contributed by atoms with Gasteiger partial charge in [-0.25, -0.2) is 9.97 Å². The molecule has 0 bridgehead atoms. The van der Waals surface area contributed by atoms with Crippen molar-refractivity contribution in [2.75, 3.05) is 24.3 Å². The third-order valence-corrected chi connectivity index (χ3v) is 6.10. The zero-order chi connectivity index (χ0) is 12.4. The maximum Gasteiger partial charge on any atom is 0.142 e. The lowest BCUT2D eigenvalue weighted by Crippen LogP contribution is -2.14. The lowest BCUT2D eigenvalue weighted by atomic mass is 10.1. The molecular weight excluding hydrogens is 262 g/mol. The first-order valence-electron chi connectivity index (χ1n) is 6.58. The van der Waals surface area contributed by atoms with Gasteiger partial charge in [0.25, 0.3) is 0 Å². The Morgan fingerprint density at radius 2 is 2.28 bits per heavy atom. The minimum Gasteiger partial charge on any atom is -0.316 e. The third-order valence-electron chi connectivity index (χ3n) is 3.35. The summed E-state index contributed by atoms with van der Waals surface area (Å²) in [4.78, 5) is 9.50. The Kier molecular flexibility index (Phi) is 4.11. The first-order chi connectivity index (χ1) is 8.88. The molecule has 18 heavy (non-hydrogen) atoms. The number of hydrogen-bond acceptors (Lipinski definition) is 5. The van der Waals surface area contributed by atoms with Crippen LogP contribution in [0.2, 0.25) is 0 Å². The molecule has 1 aromatic rings. The molecule has 3 nitrogen and oxygen atoms in total. The van der Waals surface area contributed by atoms with Gasteiger partial charge in [-0.2, -0.15) is 11.8 Å². The smallest absolute Gasteiger partial charge is 0.142 e. The fraction of sp³-hybridized carbons (Fsp3) is 0.692. The second kappa shape index (κ2) is 5.80. The van der Waals surface area contributed by atoms with Crippen LogP contribution >= 0.6 is 23.5 Å². The van der Waals surface area contributed by atoms with Gasteiger partial charge in [0, 0.05) is 41.5 Å². The molecule has 98 valence electrons. The maximum absolute atomic E-state index is 4.89. The van der Waals surface area contributed by atoms with E-state index in [1.165, 1.54) is 41.4 Å². The van der Waals surface area contributed by atoms with E-state index in [1.807, 2.05) is 36.8 Å². The molecular formula is C13H19N3S2. The van der Waals surface area contributed by atoms with E-state index in [4.69, 9.17) is 4.98 Å². The van der Waals surface area contributed by atoms with Gasteiger partial charge in [0.2, 0.25) is 0 Å². The molecule has 1 aliphatic carbocycles. The molecule has 1 aromatic heterocycles. The summed E-state index contributed by atoms with van der Waals surface area (Å²) in [5.41, 5.74) is 2.60. The second-order valence-electron chi connectivity index (χ2n) is 4.88. The SMILES string of the molecule is CNCc1cnc(C2CSCCS2)nc1C1CC1. The minimum atomic E-state index is 0.505. The minimum absolute atomic E-state index is 0.505. The highest BCUT2D eigenvalue weighted by Crippen LogP contribution is 2.42. The monoisotopic (exact) mass is 281 g/mol. The van der Waals surface area contributed by atoms with Gasteiger partial charge in [-0.3, -0.25) is 0 Å². The van der Waals surface area contributed by atoms with Crippen molar-refractivity contribution >= 4 is 23.5 Å². The zero-order valence-electron chi connectivity index (χ0n) is 10.7. The molecule has 1 aliphatic heterocycles. The average Bonchev–Trinajstić information content (AvgIpc) is 3.25. The van der Waals surface area contributed by atoms with E-state index in [-0.39, 0.29) is 0 Å². The van der Waals surface area contributed by atoms with Crippen LogP contribution in [0.15, 0.2) is 6.20 Å². The Labute approximate surface area is 117 Å². The molecule has 0 radical (unpaired) electrons. The average molecular weight is 281 g/mol. The summed E-state index contributed by atoms with van der Waals surface area (Å²) in [6.07, 6.45) is 4.66. The number of rotatable bonds is 4. The van der Waals surface area contributed by atoms with Gasteiger partial charge in [0.1, 0.15) is 5.82 Å². The quantitative estimate of drug-likeness (QED) is 0.918. The fourth-order valence-corrected chi connectivity index (χ4v) is 4.87. The predicted molar refractivity (Wildman–Crippen MR) is 79.3 cm³/mol. The van der Waals surface area contributed by atoms with E-state index >= 15 is 0 Å². The first-order valence-corrected chi connectivity index (χ1v) is 8.78. The van der Waals surface area contributed by atoms with Gasteiger partial charge >= 0.3 is 0 Å². The van der Waals surface area contributed by atoms with Crippen molar-refractivity contribution in [3.8, 4) is 0 Å². The zero-order valence-corrected chi connectivity index (χ0v) is 12.3. The Bertz CT molecular complexity index is 415. The molecule has 1 N–H and O–H groups in total. The van der Waals surface area contributed by atoms with Crippen LogP contribution in [-0.2, 0) is 6.54 Å². The predicted octanol–water partition coefficient (Wildman–Crippen LogP) is 2.59. The van der Waals surface area contributed by atoms with Crippen LogP contribution in [-0.4, -0.2) is 34.3 Å². The molecule has 3 rings (SSSR count). The van der Waals surface area contributed by atoms with Crippen LogP contribution in [0.1, 0.15) is 41.1 Å². The fourth-order valence-electron chi connectivity index (χ4n) is 2.26. The molecule has 2 fully saturated rings. The Hall–Kier alpha value is -0.260. The topological polar surface area (TPSA) is 37.8 Å². The molecule has 0 aromatic carbocycles. The Morgan fingerprint density at radius 1 is 1.39 bits per heavy atom. The highest BCUT2D eigenvalue weighted by Gasteiger charge is 2.29. The molecule has 2 heterocycles. The Morgan fingerprint density at radius 3 is 2.94 bits per heavy atom. The molecule has 1 saturated carbocycles. The normalized spacial score (nSPS) is 24.2. The summed E-state index contributed by atoms with van der Waals surface area (Å²) in [7, 11) is 1.98. The van der Waals surface area contributed by atoms with E-state index in [0.717, 1.165) is 12.4 Å². The van der Waals surface area contributed by atoms with Crippen molar-refractivity contribution in [2.24, 2.45) is 0 Å². The van der Waals surface area contributed by atoms with Crippen LogP contribution in [0.4, 0.5) is 0 Å². The van der Waals surface area contributed by atoms with Crippen LogP contribution in [0.25, 0.3) is 0 Å². The van der Waals surface area contributed by atoms with Gasteiger partial charge in [-0.15, -0.1) is 11.8 Å². The summed E-state index contributed by atoms with van der Waals surface area (Å²) in [6.45, 7) is 0.888. The number of nitrogens with zero attached hydrogens (tertiary/aromatic N) is 2. The molecule has 5 heteroatoms. The summed E-state index contributed by atoms with van der Waals surface area (Å²) in [5, 5.41) is 3.72. The van der Waals surface area contributed by atoms with Crippen molar-refractivity contribution in [1.82, 2.24) is 15.3 Å². The summed E-state index contributed by atoms with van der Waals surface area (Å²) in [5.74, 6) is 5.44. The largest absolute Gasteiger partial charge is 0.316 e. The van der Waals surface area contributed by atoms with Gasteiger partial charge in [-0.05, 0) is 19.9 Å². The Balaban J connectivity index is 1.84. The van der Waals surface area contributed by atoms with Crippen LogP contribution in [0.3, 0.4) is 0 Å². The molecule has 0 spiro atoms. The first kappa shape index (κ1) is 12.8. The van der Waals surface area contributed by atoms with E-state index in [1.54, 1.807) is 0 Å².